The zero-order chi connectivity index (χ0) is 12.7. The summed E-state index contributed by atoms with van der Waals surface area (Å²) >= 11 is 5.68. The summed E-state index contributed by atoms with van der Waals surface area (Å²) in [5.41, 5.74) is 1.42. The molecule has 1 aromatic carbocycles. The average molecular weight is 256 g/mol. The molecule has 0 aliphatic heterocycles. The van der Waals surface area contributed by atoms with Crippen molar-refractivity contribution in [2.75, 3.05) is 13.7 Å². The van der Waals surface area contributed by atoms with Crippen LogP contribution < -0.4 is 5.32 Å². The largest absolute Gasteiger partial charge is 0.469 e. The smallest absolute Gasteiger partial charge is 0.307 e. The van der Waals surface area contributed by atoms with Gasteiger partial charge in [0.05, 0.1) is 13.5 Å². The highest BCUT2D eigenvalue weighted by molar-refractivity contribution is 6.17. The number of halogens is 1. The maximum Gasteiger partial charge on any atom is 0.307 e. The number of nitrogens with one attached hydrogen (secondary N) is 1. The minimum atomic E-state index is -0.347. The molecule has 0 heterocycles. The minimum Gasteiger partial charge on any atom is -0.469 e. The first-order chi connectivity index (χ1) is 8.17. The molecule has 0 aromatic heterocycles. The van der Waals surface area contributed by atoms with Crippen LogP contribution in [0.3, 0.4) is 0 Å². The van der Waals surface area contributed by atoms with Gasteiger partial charge in [-0.25, -0.2) is 0 Å². The van der Waals surface area contributed by atoms with E-state index < -0.39 is 0 Å². The van der Waals surface area contributed by atoms with E-state index in [0.717, 1.165) is 5.56 Å². The number of rotatable bonds is 5. The number of benzene rings is 1. The molecule has 0 saturated carbocycles. The van der Waals surface area contributed by atoms with Crippen LogP contribution >= 0.6 is 11.6 Å². The lowest BCUT2D eigenvalue weighted by atomic mass is 10.1. The van der Waals surface area contributed by atoms with Crippen molar-refractivity contribution in [1.29, 1.82) is 0 Å². The molecule has 0 radical (unpaired) electrons. The van der Waals surface area contributed by atoms with Crippen molar-refractivity contribution in [2.45, 2.75) is 12.3 Å². The maximum atomic E-state index is 11.7. The molecule has 0 fully saturated rings. The Labute approximate surface area is 105 Å². The van der Waals surface area contributed by atoms with Crippen LogP contribution in [0.4, 0.5) is 0 Å². The van der Waals surface area contributed by atoms with Crippen molar-refractivity contribution in [3.05, 3.63) is 35.4 Å². The Kier molecular flexibility index (Phi) is 5.49. The summed E-state index contributed by atoms with van der Waals surface area (Å²) in [6, 6.07) is 7.04. The number of carbonyl (C=O) groups is 2. The molecule has 1 N–H and O–H groups in total. The average Bonchev–Trinajstić information content (AvgIpc) is 2.38. The zero-order valence-corrected chi connectivity index (χ0v) is 10.3. The van der Waals surface area contributed by atoms with E-state index in [9.17, 15) is 9.59 Å². The summed E-state index contributed by atoms with van der Waals surface area (Å²) in [5, 5.41) is 2.63. The normalized spacial score (nSPS) is 9.76. The number of hydrogen-bond donors (Lipinski definition) is 1. The van der Waals surface area contributed by atoms with Crippen molar-refractivity contribution in [2.24, 2.45) is 0 Å². The molecule has 1 rings (SSSR count). The molecular weight excluding hydrogens is 242 g/mol. The Bertz CT molecular complexity index is 406. The van der Waals surface area contributed by atoms with E-state index in [2.05, 4.69) is 10.1 Å². The molecule has 17 heavy (non-hydrogen) atoms. The fourth-order valence-electron chi connectivity index (χ4n) is 1.28. The number of esters is 1. The van der Waals surface area contributed by atoms with Crippen LogP contribution in [0.25, 0.3) is 0 Å². The van der Waals surface area contributed by atoms with Crippen molar-refractivity contribution in [3.63, 3.8) is 0 Å². The first kappa shape index (κ1) is 13.5. The maximum absolute atomic E-state index is 11.7. The van der Waals surface area contributed by atoms with Gasteiger partial charge < -0.3 is 10.1 Å². The molecular formula is C12H14ClNO3. The highest BCUT2D eigenvalue weighted by Gasteiger charge is 2.06. The van der Waals surface area contributed by atoms with Crippen LogP contribution in [0.5, 0.6) is 0 Å². The van der Waals surface area contributed by atoms with E-state index in [-0.39, 0.29) is 24.8 Å². The second kappa shape index (κ2) is 6.91. The van der Waals surface area contributed by atoms with Crippen molar-refractivity contribution in [1.82, 2.24) is 5.32 Å². The third kappa shape index (κ3) is 4.44. The third-order valence-electron chi connectivity index (χ3n) is 2.19. The molecule has 0 spiro atoms. The molecule has 0 aliphatic carbocycles. The number of amides is 1. The lowest BCUT2D eigenvalue weighted by Gasteiger charge is -2.05. The van der Waals surface area contributed by atoms with Gasteiger partial charge in [-0.3, -0.25) is 9.59 Å². The summed E-state index contributed by atoms with van der Waals surface area (Å²) in [4.78, 5) is 22.5. The monoisotopic (exact) mass is 255 g/mol. The number of carbonyl (C=O) groups excluding carboxylic acids is 2. The van der Waals surface area contributed by atoms with Crippen LogP contribution in [-0.4, -0.2) is 25.5 Å². The third-order valence-corrected chi connectivity index (χ3v) is 2.49. The Morgan fingerprint density at radius 3 is 2.82 bits per heavy atom. The molecule has 0 saturated heterocycles. The molecule has 0 unspecified atom stereocenters. The van der Waals surface area contributed by atoms with E-state index in [1.807, 2.05) is 6.07 Å². The highest BCUT2D eigenvalue weighted by Crippen LogP contribution is 2.07. The van der Waals surface area contributed by atoms with Gasteiger partial charge in [0.1, 0.15) is 0 Å². The van der Waals surface area contributed by atoms with E-state index in [0.29, 0.717) is 11.4 Å². The van der Waals surface area contributed by atoms with Gasteiger partial charge in [-0.2, -0.15) is 0 Å². The van der Waals surface area contributed by atoms with Gasteiger partial charge in [0.15, 0.2) is 0 Å². The predicted molar refractivity (Wildman–Crippen MR) is 65.0 cm³/mol. The predicted octanol–water partition coefficient (Wildman–Crippen LogP) is 1.72. The van der Waals surface area contributed by atoms with Crippen LogP contribution in [0.15, 0.2) is 24.3 Å². The van der Waals surface area contributed by atoms with Crippen LogP contribution in [0, 0.1) is 0 Å². The topological polar surface area (TPSA) is 55.4 Å². The summed E-state index contributed by atoms with van der Waals surface area (Å²) < 4.78 is 4.47. The van der Waals surface area contributed by atoms with Crippen molar-refractivity contribution in [3.8, 4) is 0 Å². The number of hydrogen-bond acceptors (Lipinski definition) is 3. The van der Waals surface area contributed by atoms with Gasteiger partial charge >= 0.3 is 5.97 Å². The van der Waals surface area contributed by atoms with E-state index in [1.54, 1.807) is 18.2 Å². The van der Waals surface area contributed by atoms with Gasteiger partial charge in [-0.1, -0.05) is 12.1 Å². The lowest BCUT2D eigenvalue weighted by molar-refractivity contribution is -0.140. The highest BCUT2D eigenvalue weighted by atomic mass is 35.5. The van der Waals surface area contributed by atoms with E-state index >= 15 is 0 Å². The Hall–Kier alpha value is -1.55. The Morgan fingerprint density at radius 2 is 2.18 bits per heavy atom. The fraction of sp³-hybridized carbons (Fsp3) is 0.333. The first-order valence-corrected chi connectivity index (χ1v) is 5.70. The van der Waals surface area contributed by atoms with Crippen LogP contribution in [-0.2, 0) is 15.4 Å². The fourth-order valence-corrected chi connectivity index (χ4v) is 1.44. The summed E-state index contributed by atoms with van der Waals surface area (Å²) in [5.74, 6) is -0.204. The number of methoxy groups -OCH3 is 1. The molecule has 0 aliphatic rings. The molecule has 92 valence electrons. The second-order valence-electron chi connectivity index (χ2n) is 3.42. The summed E-state index contributed by atoms with van der Waals surface area (Å²) in [7, 11) is 1.31. The van der Waals surface area contributed by atoms with Crippen molar-refractivity contribution >= 4 is 23.5 Å². The summed E-state index contributed by atoms with van der Waals surface area (Å²) in [6.45, 7) is 0.261. The number of alkyl halides is 1. The van der Waals surface area contributed by atoms with E-state index in [4.69, 9.17) is 11.6 Å². The molecule has 0 bridgehead atoms. The van der Waals surface area contributed by atoms with Crippen molar-refractivity contribution < 1.29 is 14.3 Å². The minimum absolute atomic E-state index is 0.164. The zero-order valence-electron chi connectivity index (χ0n) is 9.53. The van der Waals surface area contributed by atoms with Gasteiger partial charge in [0.2, 0.25) is 0 Å². The van der Waals surface area contributed by atoms with Gasteiger partial charge in [0.25, 0.3) is 5.91 Å². The molecule has 5 heteroatoms. The SMILES string of the molecule is COC(=O)CCNC(=O)c1cccc(CCl)c1. The molecule has 4 nitrogen and oxygen atoms in total. The number of ether oxygens (including phenoxy) is 1. The molecule has 1 amide bonds. The lowest BCUT2D eigenvalue weighted by Crippen LogP contribution is -2.26. The first-order valence-electron chi connectivity index (χ1n) is 5.17. The Balaban J connectivity index is 2.49. The standard InChI is InChI=1S/C12H14ClNO3/c1-17-11(15)5-6-14-12(16)10-4-2-3-9(7-10)8-13/h2-4,7H,5-6,8H2,1H3,(H,14,16). The van der Waals surface area contributed by atoms with Gasteiger partial charge in [-0.05, 0) is 17.7 Å². The van der Waals surface area contributed by atoms with Gasteiger partial charge in [0, 0.05) is 18.0 Å². The van der Waals surface area contributed by atoms with Crippen LogP contribution in [0.1, 0.15) is 22.3 Å². The summed E-state index contributed by atoms with van der Waals surface area (Å²) in [6.07, 6.45) is 0.164. The molecule has 0 atom stereocenters. The van der Waals surface area contributed by atoms with Crippen LogP contribution in [0.2, 0.25) is 0 Å². The molecule has 1 aromatic rings. The quantitative estimate of drug-likeness (QED) is 0.644. The van der Waals surface area contributed by atoms with E-state index in [1.165, 1.54) is 7.11 Å². The Morgan fingerprint density at radius 1 is 1.41 bits per heavy atom. The van der Waals surface area contributed by atoms with Gasteiger partial charge in [-0.15, -0.1) is 11.6 Å². The second-order valence-corrected chi connectivity index (χ2v) is 3.68.